The molecule has 33 heavy (non-hydrogen) atoms. The van der Waals surface area contributed by atoms with E-state index in [1.165, 1.54) is 22.7 Å². The van der Waals surface area contributed by atoms with Crippen molar-refractivity contribution in [2.45, 2.75) is 37.0 Å². The van der Waals surface area contributed by atoms with Gasteiger partial charge in [-0.25, -0.2) is 19.7 Å². The molecule has 14 nitrogen and oxygen atoms in total. The number of aromatic nitrogens is 4. The van der Waals surface area contributed by atoms with E-state index in [4.69, 9.17) is 26.8 Å². The molecule has 3 heterocycles. The number of terminal acetylenes is 1. The Morgan fingerprint density at radius 2 is 2.18 bits per heavy atom. The number of nitrogens with one attached hydrogen (secondary N) is 1. The van der Waals surface area contributed by atoms with Gasteiger partial charge in [-0.15, -0.1) is 6.42 Å². The zero-order valence-corrected chi connectivity index (χ0v) is 19.0. The number of thioether (sulfide) groups is 1. The van der Waals surface area contributed by atoms with E-state index in [1.807, 2.05) is 6.26 Å². The number of nitrogens with zero attached hydrogens (tertiary/aromatic N) is 4. The van der Waals surface area contributed by atoms with Gasteiger partial charge in [0.25, 0.3) is 5.91 Å². The highest BCUT2D eigenvalue weighted by Gasteiger charge is 2.45. The molecule has 2 aromatic heterocycles. The van der Waals surface area contributed by atoms with Crippen molar-refractivity contribution in [3.05, 3.63) is 12.2 Å². The number of hydrogen-bond acceptors (Lipinski definition) is 13. The molecule has 1 aliphatic rings. The van der Waals surface area contributed by atoms with Crippen LogP contribution in [0.5, 0.6) is 0 Å². The first-order valence-electron chi connectivity index (χ1n) is 9.51. The van der Waals surface area contributed by atoms with Crippen LogP contribution in [0.25, 0.3) is 11.2 Å². The Hall–Kier alpha value is -2.52. The van der Waals surface area contributed by atoms with Crippen molar-refractivity contribution in [1.29, 1.82) is 0 Å². The fourth-order valence-corrected chi connectivity index (χ4v) is 4.31. The summed E-state index contributed by atoms with van der Waals surface area (Å²) in [4.78, 5) is 24.0. The molecule has 1 aliphatic heterocycles. The molecule has 3 rings (SSSR count). The van der Waals surface area contributed by atoms with E-state index >= 15 is 0 Å². The molecule has 0 aromatic carbocycles. The first kappa shape index (κ1) is 25.1. The Morgan fingerprint density at radius 1 is 1.45 bits per heavy atom. The lowest BCUT2D eigenvalue weighted by Gasteiger charge is -2.16. The molecule has 0 unspecified atom stereocenters. The smallest absolute Gasteiger partial charge is 0.362 e. The van der Waals surface area contributed by atoms with Crippen LogP contribution in [-0.2, 0) is 24.0 Å². The Bertz CT molecular complexity index is 1170. The number of imidazole rings is 1. The van der Waals surface area contributed by atoms with E-state index in [0.717, 1.165) is 0 Å². The van der Waals surface area contributed by atoms with Gasteiger partial charge < -0.3 is 26.4 Å². The fourth-order valence-electron chi connectivity index (χ4n) is 3.05. The summed E-state index contributed by atoms with van der Waals surface area (Å²) in [5.74, 6) is 1.87. The minimum atomic E-state index is -4.54. The van der Waals surface area contributed by atoms with Crippen LogP contribution in [0.4, 0.5) is 5.82 Å². The minimum Gasteiger partial charge on any atom is -0.387 e. The lowest BCUT2D eigenvalue weighted by atomic mass is 10.1. The number of anilines is 1. The number of rotatable bonds is 9. The van der Waals surface area contributed by atoms with Crippen LogP contribution in [0.3, 0.4) is 0 Å². The normalized spacial score (nSPS) is 24.0. The summed E-state index contributed by atoms with van der Waals surface area (Å²) in [5, 5.41) is 20.8. The van der Waals surface area contributed by atoms with E-state index in [0.29, 0.717) is 5.75 Å². The highest BCUT2D eigenvalue weighted by atomic mass is 32.2. The summed E-state index contributed by atoms with van der Waals surface area (Å²) < 4.78 is 37.5. The summed E-state index contributed by atoms with van der Waals surface area (Å²) in [7, 11) is -4.54. The van der Waals surface area contributed by atoms with Crippen molar-refractivity contribution in [1.82, 2.24) is 24.2 Å². The van der Waals surface area contributed by atoms with E-state index in [1.54, 1.807) is 4.72 Å². The number of nitrogens with two attached hydrogens (primary N) is 2. The monoisotopic (exact) mass is 501 g/mol. The van der Waals surface area contributed by atoms with Crippen molar-refractivity contribution in [2.24, 2.45) is 5.73 Å². The summed E-state index contributed by atoms with van der Waals surface area (Å²) in [6.45, 7) is -0.698. The van der Waals surface area contributed by atoms with E-state index in [2.05, 4.69) is 20.9 Å². The van der Waals surface area contributed by atoms with Gasteiger partial charge in [-0.2, -0.15) is 20.2 Å². The zero-order valence-electron chi connectivity index (χ0n) is 17.4. The highest BCUT2D eigenvalue weighted by molar-refractivity contribution is 7.98. The molecular formula is C17H23N7O7S2. The standard InChI is InChI=1S/C17H23N7O7S2/c1-3-10-21-14(19)11-15(22-10)24(7-20-11)17-13(26)12(25)9(31-17)6-30-33(28,29)23-16(27)8(18)4-5-32-2/h1,7-9,12-13,17,25-26H,4-6,18H2,2H3,(H,23,27)(H2,19,21,22)/t8-,9+,12+,13+,17+/m0/s1. The van der Waals surface area contributed by atoms with Gasteiger partial charge in [-0.3, -0.25) is 13.5 Å². The Balaban J connectivity index is 1.69. The molecule has 5 atom stereocenters. The van der Waals surface area contributed by atoms with E-state index < -0.39 is 53.4 Å². The second kappa shape index (κ2) is 10.2. The van der Waals surface area contributed by atoms with Crippen molar-refractivity contribution >= 4 is 45.0 Å². The number of aliphatic hydroxyl groups is 2. The molecule has 180 valence electrons. The van der Waals surface area contributed by atoms with Gasteiger partial charge in [-0.1, -0.05) is 0 Å². The maximum absolute atomic E-state index is 12.1. The van der Waals surface area contributed by atoms with Gasteiger partial charge in [0.2, 0.25) is 5.82 Å². The largest absolute Gasteiger partial charge is 0.387 e. The average molecular weight is 502 g/mol. The molecule has 0 radical (unpaired) electrons. The van der Waals surface area contributed by atoms with Crippen LogP contribution in [-0.4, -0.2) is 87.0 Å². The number of aliphatic hydroxyl groups excluding tert-OH is 2. The molecule has 0 aliphatic carbocycles. The summed E-state index contributed by atoms with van der Waals surface area (Å²) in [5.41, 5.74) is 11.8. The van der Waals surface area contributed by atoms with E-state index in [-0.39, 0.29) is 29.2 Å². The molecule has 16 heteroatoms. The third-order valence-corrected chi connectivity index (χ3v) is 6.31. The Labute approximate surface area is 193 Å². The summed E-state index contributed by atoms with van der Waals surface area (Å²) in [6, 6.07) is -1.04. The summed E-state index contributed by atoms with van der Waals surface area (Å²) in [6.07, 6.45) is 3.15. The average Bonchev–Trinajstić information content (AvgIpc) is 3.31. The molecule has 0 bridgehead atoms. The van der Waals surface area contributed by atoms with Crippen molar-refractivity contribution in [2.75, 3.05) is 24.3 Å². The quantitative estimate of drug-likeness (QED) is 0.224. The molecule has 0 spiro atoms. The topological polar surface area (TPSA) is 218 Å². The Morgan fingerprint density at radius 3 is 2.85 bits per heavy atom. The van der Waals surface area contributed by atoms with Crippen LogP contribution < -0.4 is 16.2 Å². The zero-order chi connectivity index (χ0) is 24.3. The van der Waals surface area contributed by atoms with Crippen molar-refractivity contribution < 1.29 is 32.3 Å². The second-order valence-corrected chi connectivity index (χ2v) is 9.37. The fraction of sp³-hybridized carbons (Fsp3) is 0.529. The predicted octanol–water partition coefficient (Wildman–Crippen LogP) is -2.53. The van der Waals surface area contributed by atoms with E-state index in [9.17, 15) is 23.4 Å². The lowest BCUT2D eigenvalue weighted by Crippen LogP contribution is -2.45. The molecule has 0 saturated carbocycles. The van der Waals surface area contributed by atoms with Crippen LogP contribution in [0.15, 0.2) is 6.33 Å². The number of fused-ring (bicyclic) bond motifs is 1. The van der Waals surface area contributed by atoms with Gasteiger partial charge in [0.1, 0.15) is 23.8 Å². The van der Waals surface area contributed by atoms with Crippen molar-refractivity contribution in [3.63, 3.8) is 0 Å². The number of ether oxygens (including phenoxy) is 1. The Kier molecular flexibility index (Phi) is 7.74. The third kappa shape index (κ3) is 5.52. The number of carbonyl (C=O) groups is 1. The first-order chi connectivity index (χ1) is 15.6. The third-order valence-electron chi connectivity index (χ3n) is 4.77. The highest BCUT2D eigenvalue weighted by Crippen LogP contribution is 2.32. The SMILES string of the molecule is C#Cc1nc(N)c2ncn([C@@H]3O[C@H](COS(=O)(=O)NC(=O)[C@@H](N)CCSC)[C@@H](O)[C@H]3O)c2n1. The second-order valence-electron chi connectivity index (χ2n) is 7.04. The van der Waals surface area contributed by atoms with Crippen LogP contribution in [0.2, 0.25) is 0 Å². The van der Waals surface area contributed by atoms with Gasteiger partial charge in [0, 0.05) is 0 Å². The lowest BCUT2D eigenvalue weighted by molar-refractivity contribution is -0.120. The van der Waals surface area contributed by atoms with Gasteiger partial charge in [0.05, 0.1) is 19.0 Å². The van der Waals surface area contributed by atoms with Crippen LogP contribution in [0.1, 0.15) is 18.5 Å². The van der Waals surface area contributed by atoms with Crippen LogP contribution in [0, 0.1) is 12.3 Å². The van der Waals surface area contributed by atoms with Gasteiger partial charge in [0.15, 0.2) is 17.7 Å². The van der Waals surface area contributed by atoms with Gasteiger partial charge >= 0.3 is 10.3 Å². The maximum atomic E-state index is 12.1. The maximum Gasteiger partial charge on any atom is 0.362 e. The molecule has 1 fully saturated rings. The van der Waals surface area contributed by atoms with Crippen molar-refractivity contribution in [3.8, 4) is 12.3 Å². The molecule has 1 amide bonds. The molecular weight excluding hydrogens is 478 g/mol. The molecule has 1 saturated heterocycles. The first-order valence-corrected chi connectivity index (χ1v) is 12.3. The number of amides is 1. The van der Waals surface area contributed by atoms with Gasteiger partial charge in [-0.05, 0) is 24.3 Å². The number of hydrogen-bond donors (Lipinski definition) is 5. The predicted molar refractivity (Wildman–Crippen MR) is 118 cm³/mol. The summed E-state index contributed by atoms with van der Waals surface area (Å²) >= 11 is 1.46. The molecule has 2 aromatic rings. The number of carbonyl (C=O) groups excluding carboxylic acids is 1. The van der Waals surface area contributed by atoms with Crippen LogP contribution >= 0.6 is 11.8 Å². The molecule has 7 N–H and O–H groups in total. The minimum absolute atomic E-state index is 0.0113. The number of nitrogen functional groups attached to an aromatic ring is 1.